The van der Waals surface area contributed by atoms with Crippen LogP contribution in [0.2, 0.25) is 0 Å². The molecule has 5 heteroatoms. The van der Waals surface area contributed by atoms with Crippen LogP contribution in [-0.4, -0.2) is 14.5 Å². The van der Waals surface area contributed by atoms with Crippen LogP contribution in [0.4, 0.5) is 5.69 Å². The lowest BCUT2D eigenvalue weighted by atomic mass is 9.96. The first-order valence-corrected chi connectivity index (χ1v) is 7.44. The molecule has 17 heavy (non-hydrogen) atoms. The molecule has 0 heterocycles. The summed E-state index contributed by atoms with van der Waals surface area (Å²) >= 11 is 0. The summed E-state index contributed by atoms with van der Waals surface area (Å²) in [6.07, 6.45) is 5.30. The summed E-state index contributed by atoms with van der Waals surface area (Å²) in [6.45, 7) is 0. The molecule has 1 aliphatic carbocycles. The van der Waals surface area contributed by atoms with Gasteiger partial charge in [-0.3, -0.25) is 0 Å². The Hall–Kier alpha value is -1.07. The van der Waals surface area contributed by atoms with Crippen LogP contribution in [0.5, 0.6) is 0 Å². The van der Waals surface area contributed by atoms with Gasteiger partial charge in [-0.2, -0.15) is 0 Å². The van der Waals surface area contributed by atoms with Crippen molar-refractivity contribution >= 4 is 15.7 Å². The Balaban J connectivity index is 2.10. The molecule has 0 radical (unpaired) electrons. The average Bonchev–Trinajstić information content (AvgIpc) is 2.30. The van der Waals surface area contributed by atoms with E-state index >= 15 is 0 Å². The van der Waals surface area contributed by atoms with Crippen molar-refractivity contribution in [3.63, 3.8) is 0 Å². The third kappa shape index (κ3) is 3.20. The summed E-state index contributed by atoms with van der Waals surface area (Å²) in [5, 5.41) is 0. The molecule has 0 bridgehead atoms. The maximum atomic E-state index is 12.1. The van der Waals surface area contributed by atoms with Gasteiger partial charge in [0.1, 0.15) is 0 Å². The predicted molar refractivity (Wildman–Crippen MR) is 68.0 cm³/mol. The van der Waals surface area contributed by atoms with Crippen molar-refractivity contribution in [2.24, 2.45) is 0 Å². The smallest absolute Gasteiger partial charge is 0.240 e. The number of nitrogen functional groups attached to an aromatic ring is 1. The zero-order valence-corrected chi connectivity index (χ0v) is 10.5. The van der Waals surface area contributed by atoms with Crippen LogP contribution >= 0.6 is 0 Å². The van der Waals surface area contributed by atoms with E-state index in [-0.39, 0.29) is 10.9 Å². The second-order valence-corrected chi connectivity index (χ2v) is 6.24. The molecule has 1 aromatic carbocycles. The Morgan fingerprint density at radius 3 is 2.24 bits per heavy atom. The van der Waals surface area contributed by atoms with Crippen molar-refractivity contribution in [1.29, 1.82) is 0 Å². The van der Waals surface area contributed by atoms with Gasteiger partial charge in [0.2, 0.25) is 10.0 Å². The van der Waals surface area contributed by atoms with Crippen LogP contribution in [0.25, 0.3) is 0 Å². The van der Waals surface area contributed by atoms with Gasteiger partial charge < -0.3 is 5.73 Å². The standard InChI is InChI=1S/C12H18N2O2S/c13-10-6-8-12(9-7-10)17(15,16)14-11-4-2-1-3-5-11/h6-9,11,14H,1-5,13H2. The minimum absolute atomic E-state index is 0.0892. The molecule has 2 rings (SSSR count). The number of anilines is 1. The Morgan fingerprint density at radius 1 is 1.06 bits per heavy atom. The number of nitrogens with one attached hydrogen (secondary N) is 1. The molecule has 0 atom stereocenters. The first-order valence-electron chi connectivity index (χ1n) is 5.96. The maximum absolute atomic E-state index is 12.1. The van der Waals surface area contributed by atoms with E-state index in [0.717, 1.165) is 25.7 Å². The van der Waals surface area contributed by atoms with Crippen LogP contribution < -0.4 is 10.5 Å². The lowest BCUT2D eigenvalue weighted by molar-refractivity contribution is 0.412. The summed E-state index contributed by atoms with van der Waals surface area (Å²) in [4.78, 5) is 0.289. The van der Waals surface area contributed by atoms with E-state index in [4.69, 9.17) is 5.73 Å². The summed E-state index contributed by atoms with van der Waals surface area (Å²) in [7, 11) is -3.38. The van der Waals surface area contributed by atoms with E-state index in [0.29, 0.717) is 5.69 Å². The topological polar surface area (TPSA) is 72.2 Å². The number of nitrogens with two attached hydrogens (primary N) is 1. The minimum Gasteiger partial charge on any atom is -0.399 e. The zero-order valence-electron chi connectivity index (χ0n) is 9.72. The normalized spacial score (nSPS) is 18.1. The lowest BCUT2D eigenvalue weighted by Crippen LogP contribution is -2.36. The number of hydrogen-bond acceptors (Lipinski definition) is 3. The molecule has 1 aliphatic rings. The summed E-state index contributed by atoms with van der Waals surface area (Å²) in [5.74, 6) is 0. The van der Waals surface area contributed by atoms with Gasteiger partial charge in [0.25, 0.3) is 0 Å². The molecule has 1 saturated carbocycles. The molecule has 0 aromatic heterocycles. The van der Waals surface area contributed by atoms with Crippen LogP contribution in [-0.2, 0) is 10.0 Å². The zero-order chi connectivity index (χ0) is 12.3. The number of sulfonamides is 1. The van der Waals surface area contributed by atoms with Crippen molar-refractivity contribution < 1.29 is 8.42 Å². The second kappa shape index (κ2) is 5.06. The van der Waals surface area contributed by atoms with E-state index in [9.17, 15) is 8.42 Å². The molecule has 0 amide bonds. The number of hydrogen-bond donors (Lipinski definition) is 2. The van der Waals surface area contributed by atoms with Crippen LogP contribution in [0.3, 0.4) is 0 Å². The molecular weight excluding hydrogens is 236 g/mol. The fraction of sp³-hybridized carbons (Fsp3) is 0.500. The molecule has 94 valence electrons. The van der Waals surface area contributed by atoms with Crippen LogP contribution in [0, 0.1) is 0 Å². The quantitative estimate of drug-likeness (QED) is 0.809. The molecule has 0 aliphatic heterocycles. The van der Waals surface area contributed by atoms with Crippen LogP contribution in [0.1, 0.15) is 32.1 Å². The van der Waals surface area contributed by atoms with Crippen molar-refractivity contribution in [3.05, 3.63) is 24.3 Å². The Bertz CT molecular complexity index is 462. The summed E-state index contributed by atoms with van der Waals surface area (Å²) in [5.41, 5.74) is 6.11. The van der Waals surface area contributed by atoms with E-state index in [1.165, 1.54) is 6.42 Å². The van der Waals surface area contributed by atoms with E-state index in [1.807, 2.05) is 0 Å². The van der Waals surface area contributed by atoms with E-state index < -0.39 is 10.0 Å². The molecule has 3 N–H and O–H groups in total. The van der Waals surface area contributed by atoms with E-state index in [1.54, 1.807) is 24.3 Å². The van der Waals surface area contributed by atoms with Gasteiger partial charge in [-0.15, -0.1) is 0 Å². The Labute approximate surface area is 102 Å². The highest BCUT2D eigenvalue weighted by Crippen LogP contribution is 2.20. The van der Waals surface area contributed by atoms with Gasteiger partial charge in [-0.05, 0) is 37.1 Å². The highest BCUT2D eigenvalue weighted by molar-refractivity contribution is 7.89. The van der Waals surface area contributed by atoms with E-state index in [2.05, 4.69) is 4.72 Å². The largest absolute Gasteiger partial charge is 0.399 e. The molecule has 0 spiro atoms. The fourth-order valence-electron chi connectivity index (χ4n) is 2.15. The van der Waals surface area contributed by atoms with Gasteiger partial charge in [0.15, 0.2) is 0 Å². The lowest BCUT2D eigenvalue weighted by Gasteiger charge is -2.22. The van der Waals surface area contributed by atoms with Crippen LogP contribution in [0.15, 0.2) is 29.2 Å². The third-order valence-electron chi connectivity index (χ3n) is 3.12. The van der Waals surface area contributed by atoms with Gasteiger partial charge in [0.05, 0.1) is 4.90 Å². The fourth-order valence-corrected chi connectivity index (χ4v) is 3.46. The third-order valence-corrected chi connectivity index (χ3v) is 4.65. The van der Waals surface area contributed by atoms with Crippen molar-refractivity contribution in [3.8, 4) is 0 Å². The van der Waals surface area contributed by atoms with Gasteiger partial charge in [-0.25, -0.2) is 13.1 Å². The molecule has 0 saturated heterocycles. The summed E-state index contributed by atoms with van der Waals surface area (Å²) in [6, 6.07) is 6.39. The average molecular weight is 254 g/mol. The Morgan fingerprint density at radius 2 is 1.65 bits per heavy atom. The second-order valence-electron chi connectivity index (χ2n) is 4.53. The highest BCUT2D eigenvalue weighted by atomic mass is 32.2. The predicted octanol–water partition coefficient (Wildman–Crippen LogP) is 1.88. The molecule has 1 fully saturated rings. The van der Waals surface area contributed by atoms with Crippen molar-refractivity contribution in [1.82, 2.24) is 4.72 Å². The monoisotopic (exact) mass is 254 g/mol. The highest BCUT2D eigenvalue weighted by Gasteiger charge is 2.21. The first kappa shape index (κ1) is 12.4. The number of rotatable bonds is 3. The SMILES string of the molecule is Nc1ccc(S(=O)(=O)NC2CCCCC2)cc1. The van der Waals surface area contributed by atoms with Crippen molar-refractivity contribution in [2.75, 3.05) is 5.73 Å². The molecule has 0 unspecified atom stereocenters. The molecule has 4 nitrogen and oxygen atoms in total. The summed E-state index contributed by atoms with van der Waals surface area (Å²) < 4.78 is 26.9. The minimum atomic E-state index is -3.38. The van der Waals surface area contributed by atoms with Gasteiger partial charge in [0, 0.05) is 11.7 Å². The first-order chi connectivity index (χ1) is 8.08. The maximum Gasteiger partial charge on any atom is 0.240 e. The Kier molecular flexibility index (Phi) is 3.69. The molecule has 1 aromatic rings. The van der Waals surface area contributed by atoms with Crippen molar-refractivity contribution in [2.45, 2.75) is 43.0 Å². The number of benzene rings is 1. The van der Waals surface area contributed by atoms with Gasteiger partial charge >= 0.3 is 0 Å². The molecular formula is C12H18N2O2S. The van der Waals surface area contributed by atoms with Gasteiger partial charge in [-0.1, -0.05) is 19.3 Å².